The van der Waals surface area contributed by atoms with Gasteiger partial charge in [0, 0.05) is 0 Å². The van der Waals surface area contributed by atoms with Crippen molar-refractivity contribution in [1.82, 2.24) is 0 Å². The smallest absolute Gasteiger partial charge is 0.0303 e. The molecule has 15 heavy (non-hydrogen) atoms. The first-order valence-corrected chi connectivity index (χ1v) is 6.79. The average molecular weight is 212 g/mol. The Hall–Kier alpha value is 0. The van der Waals surface area contributed by atoms with Crippen LogP contribution in [0, 0.1) is 16.7 Å². The van der Waals surface area contributed by atoms with Gasteiger partial charge in [-0.3, -0.25) is 0 Å². The summed E-state index contributed by atoms with van der Waals surface area (Å²) in [6.45, 7) is 16.6. The molecule has 0 aromatic rings. The van der Waals surface area contributed by atoms with Crippen molar-refractivity contribution in [2.24, 2.45) is 16.7 Å². The molecule has 0 bridgehead atoms. The van der Waals surface area contributed by atoms with Crippen molar-refractivity contribution >= 4 is 0 Å². The maximum Gasteiger partial charge on any atom is -0.0303 e. The molecule has 0 N–H and O–H groups in total. The fourth-order valence-electron chi connectivity index (χ4n) is 2.61. The van der Waals surface area contributed by atoms with Crippen LogP contribution in [0.5, 0.6) is 0 Å². The van der Waals surface area contributed by atoms with E-state index in [4.69, 9.17) is 0 Å². The predicted octanol–water partition coefficient (Wildman–Crippen LogP) is 5.67. The van der Waals surface area contributed by atoms with Gasteiger partial charge in [-0.1, -0.05) is 74.1 Å². The minimum Gasteiger partial charge on any atom is -0.0654 e. The van der Waals surface area contributed by atoms with E-state index in [2.05, 4.69) is 48.5 Å². The molecule has 0 nitrogen and oxygen atoms in total. The highest BCUT2D eigenvalue weighted by atomic mass is 14.4. The van der Waals surface area contributed by atoms with Gasteiger partial charge in [0.05, 0.1) is 0 Å². The minimum absolute atomic E-state index is 0.478. The summed E-state index contributed by atoms with van der Waals surface area (Å²) < 4.78 is 0. The lowest BCUT2D eigenvalue weighted by Crippen LogP contribution is -2.29. The van der Waals surface area contributed by atoms with Crippen LogP contribution in [0.2, 0.25) is 0 Å². The second-order valence-corrected chi connectivity index (χ2v) is 6.61. The predicted molar refractivity (Wildman–Crippen MR) is 71.2 cm³/mol. The zero-order chi connectivity index (χ0) is 12.1. The van der Waals surface area contributed by atoms with E-state index in [9.17, 15) is 0 Å². The zero-order valence-electron chi connectivity index (χ0n) is 12.1. The summed E-state index contributed by atoms with van der Waals surface area (Å²) in [4.78, 5) is 0. The van der Waals surface area contributed by atoms with Gasteiger partial charge in [-0.15, -0.1) is 0 Å². The molecule has 1 unspecified atom stereocenters. The summed E-state index contributed by atoms with van der Waals surface area (Å²) in [6.07, 6.45) is 6.75. The van der Waals surface area contributed by atoms with Gasteiger partial charge >= 0.3 is 0 Å². The molecular formula is C15H32. The zero-order valence-corrected chi connectivity index (χ0v) is 12.1. The lowest BCUT2D eigenvalue weighted by Gasteiger charge is -2.40. The van der Waals surface area contributed by atoms with E-state index in [-0.39, 0.29) is 0 Å². The average Bonchev–Trinajstić information content (AvgIpc) is 2.14. The maximum absolute atomic E-state index is 2.49. The van der Waals surface area contributed by atoms with Crippen LogP contribution in [-0.4, -0.2) is 0 Å². The molecule has 0 amide bonds. The van der Waals surface area contributed by atoms with Crippen LogP contribution in [-0.2, 0) is 0 Å². The van der Waals surface area contributed by atoms with Crippen molar-refractivity contribution in [2.75, 3.05) is 0 Å². The lowest BCUT2D eigenvalue weighted by atomic mass is 9.66. The van der Waals surface area contributed by atoms with Crippen molar-refractivity contribution in [3.8, 4) is 0 Å². The molecule has 0 fully saturated rings. The molecule has 0 aliphatic heterocycles. The van der Waals surface area contributed by atoms with Crippen LogP contribution in [0.25, 0.3) is 0 Å². The molecule has 0 aromatic heterocycles. The molecule has 0 heteroatoms. The third-order valence-electron chi connectivity index (χ3n) is 4.10. The van der Waals surface area contributed by atoms with Crippen molar-refractivity contribution in [3.63, 3.8) is 0 Å². The Balaban J connectivity index is 4.63. The summed E-state index contributed by atoms with van der Waals surface area (Å²) >= 11 is 0. The molecule has 0 heterocycles. The molecule has 0 aromatic carbocycles. The normalized spacial score (nSPS) is 15.4. The molecule has 0 spiro atoms. The van der Waals surface area contributed by atoms with Crippen LogP contribution in [0.15, 0.2) is 0 Å². The van der Waals surface area contributed by atoms with E-state index in [1.165, 1.54) is 32.1 Å². The van der Waals surface area contributed by atoms with Gasteiger partial charge in [0.2, 0.25) is 0 Å². The van der Waals surface area contributed by atoms with E-state index in [1.807, 2.05) is 0 Å². The summed E-state index contributed by atoms with van der Waals surface area (Å²) in [7, 11) is 0. The van der Waals surface area contributed by atoms with Crippen LogP contribution in [0.4, 0.5) is 0 Å². The van der Waals surface area contributed by atoms with Gasteiger partial charge in [0.1, 0.15) is 0 Å². The highest BCUT2D eigenvalue weighted by Gasteiger charge is 2.32. The molecule has 0 radical (unpaired) electrons. The van der Waals surface area contributed by atoms with Gasteiger partial charge in [-0.25, -0.2) is 0 Å². The maximum atomic E-state index is 2.49. The van der Waals surface area contributed by atoms with Crippen LogP contribution < -0.4 is 0 Å². The monoisotopic (exact) mass is 212 g/mol. The van der Waals surface area contributed by atoms with Gasteiger partial charge in [-0.05, 0) is 23.2 Å². The Bertz CT molecular complexity index is 157. The van der Waals surface area contributed by atoms with Crippen LogP contribution in [0.1, 0.15) is 80.6 Å². The molecule has 0 rings (SSSR count). The van der Waals surface area contributed by atoms with E-state index >= 15 is 0 Å². The topological polar surface area (TPSA) is 0 Å². The molecular weight excluding hydrogens is 180 g/mol. The highest BCUT2D eigenvalue weighted by Crippen LogP contribution is 2.43. The standard InChI is InChI=1S/C15H32/c1-8-11-13(12-14(4,5)6)15(7,9-2)10-3/h13H,8-12H2,1-7H3. The number of hydrogen-bond donors (Lipinski definition) is 0. The third-order valence-corrected chi connectivity index (χ3v) is 4.10. The molecule has 0 aliphatic carbocycles. The second kappa shape index (κ2) is 5.92. The van der Waals surface area contributed by atoms with E-state index in [0.717, 1.165) is 5.92 Å². The summed E-state index contributed by atoms with van der Waals surface area (Å²) in [5.74, 6) is 0.900. The quantitative estimate of drug-likeness (QED) is 0.532. The van der Waals surface area contributed by atoms with Gasteiger partial charge in [-0.2, -0.15) is 0 Å². The Morgan fingerprint density at radius 3 is 1.60 bits per heavy atom. The van der Waals surface area contributed by atoms with Crippen molar-refractivity contribution in [2.45, 2.75) is 80.6 Å². The first-order valence-electron chi connectivity index (χ1n) is 6.79. The van der Waals surface area contributed by atoms with Gasteiger partial charge in [0.25, 0.3) is 0 Å². The van der Waals surface area contributed by atoms with Gasteiger partial charge in [0.15, 0.2) is 0 Å². The molecule has 0 saturated heterocycles. The molecule has 92 valence electrons. The fraction of sp³-hybridized carbons (Fsp3) is 1.00. The Kier molecular flexibility index (Phi) is 5.92. The molecule has 1 atom stereocenters. The summed E-state index contributed by atoms with van der Waals surface area (Å²) in [5.41, 5.74) is 1.04. The van der Waals surface area contributed by atoms with Crippen LogP contribution in [0.3, 0.4) is 0 Å². The number of rotatable bonds is 6. The Labute approximate surface area is 97.8 Å². The Morgan fingerprint density at radius 2 is 1.33 bits per heavy atom. The minimum atomic E-state index is 0.478. The SMILES string of the molecule is CCCC(CC(C)(C)C)C(C)(CC)CC. The largest absolute Gasteiger partial charge is 0.0654 e. The highest BCUT2D eigenvalue weighted by molar-refractivity contribution is 4.83. The molecule has 0 saturated carbocycles. The second-order valence-electron chi connectivity index (χ2n) is 6.61. The van der Waals surface area contributed by atoms with E-state index in [0.29, 0.717) is 10.8 Å². The lowest BCUT2D eigenvalue weighted by molar-refractivity contribution is 0.108. The van der Waals surface area contributed by atoms with Gasteiger partial charge < -0.3 is 0 Å². The third kappa shape index (κ3) is 5.04. The molecule has 0 aliphatic rings. The van der Waals surface area contributed by atoms with Crippen LogP contribution >= 0.6 is 0 Å². The van der Waals surface area contributed by atoms with Crippen molar-refractivity contribution in [3.05, 3.63) is 0 Å². The van der Waals surface area contributed by atoms with E-state index < -0.39 is 0 Å². The first-order chi connectivity index (χ1) is 6.79. The fourth-order valence-corrected chi connectivity index (χ4v) is 2.61. The van der Waals surface area contributed by atoms with E-state index in [1.54, 1.807) is 0 Å². The summed E-state index contributed by atoms with van der Waals surface area (Å²) in [6, 6.07) is 0. The Morgan fingerprint density at radius 1 is 0.867 bits per heavy atom. The summed E-state index contributed by atoms with van der Waals surface area (Å²) in [5, 5.41) is 0. The number of hydrogen-bond acceptors (Lipinski definition) is 0. The van der Waals surface area contributed by atoms with Crippen molar-refractivity contribution in [1.29, 1.82) is 0 Å². The first kappa shape index (κ1) is 15.0. The van der Waals surface area contributed by atoms with Crippen molar-refractivity contribution < 1.29 is 0 Å².